The van der Waals surface area contributed by atoms with E-state index < -0.39 is 0 Å². The first-order valence-electron chi connectivity index (χ1n) is 10.8. The molecule has 148 valence electrons. The van der Waals surface area contributed by atoms with Crippen molar-refractivity contribution in [3.63, 3.8) is 0 Å². The second-order valence-corrected chi connectivity index (χ2v) is 11.0. The van der Waals surface area contributed by atoms with Gasteiger partial charge in [0, 0.05) is 19.4 Å². The predicted octanol–water partition coefficient (Wildman–Crippen LogP) is 5.22. The van der Waals surface area contributed by atoms with Crippen LogP contribution in [0.5, 0.6) is 0 Å². The van der Waals surface area contributed by atoms with Crippen molar-refractivity contribution in [3.05, 3.63) is 0 Å². The Bertz CT molecular complexity index is 615. The fourth-order valence-electron chi connectivity index (χ4n) is 8.57. The number of rotatable bonds is 3. The smallest absolute Gasteiger partial charge is 0.302 e. The normalized spacial score (nSPS) is 55.1. The minimum atomic E-state index is -0.107. The van der Waals surface area contributed by atoms with E-state index in [-0.39, 0.29) is 28.5 Å². The maximum Gasteiger partial charge on any atom is 0.302 e. The van der Waals surface area contributed by atoms with Crippen molar-refractivity contribution in [2.75, 3.05) is 7.11 Å². The molecule has 0 radical (unpaired) electrons. The second-order valence-electron chi connectivity index (χ2n) is 11.0. The third-order valence-electron chi connectivity index (χ3n) is 9.89. The highest BCUT2D eigenvalue weighted by molar-refractivity contribution is 5.66. The first kappa shape index (κ1) is 18.8. The standard InChI is InChI=1S/C23H38O3/c1-14(2)16-8-9-17-20(16,4)13-19(26-15(3)24)21(5)10-11-22(6,25-7)18-12-23(17,18)21/h14,16-19H,8-13H2,1-7H3. The third-order valence-corrected chi connectivity index (χ3v) is 9.89. The summed E-state index contributed by atoms with van der Waals surface area (Å²) in [5, 5.41) is 0. The summed E-state index contributed by atoms with van der Waals surface area (Å²) in [6.45, 7) is 13.6. The zero-order valence-electron chi connectivity index (χ0n) is 17.9. The van der Waals surface area contributed by atoms with E-state index >= 15 is 0 Å². The van der Waals surface area contributed by atoms with Crippen molar-refractivity contribution < 1.29 is 14.3 Å². The SMILES string of the molecule is COC1(C)CCC2(C)C(OC(C)=O)CC3(C)C(C(C)C)CCC3C23CC13. The van der Waals surface area contributed by atoms with Gasteiger partial charge in [0.1, 0.15) is 6.10 Å². The topological polar surface area (TPSA) is 35.5 Å². The van der Waals surface area contributed by atoms with Crippen molar-refractivity contribution in [1.29, 1.82) is 0 Å². The largest absolute Gasteiger partial charge is 0.462 e. The van der Waals surface area contributed by atoms with Gasteiger partial charge in [-0.05, 0) is 80.0 Å². The number of hydrogen-bond acceptors (Lipinski definition) is 3. The first-order valence-corrected chi connectivity index (χ1v) is 10.8. The third kappa shape index (κ3) is 2.07. The lowest BCUT2D eigenvalue weighted by molar-refractivity contribution is -0.211. The zero-order valence-corrected chi connectivity index (χ0v) is 17.9. The Hall–Kier alpha value is -0.570. The van der Waals surface area contributed by atoms with Crippen molar-refractivity contribution >= 4 is 5.97 Å². The van der Waals surface area contributed by atoms with E-state index in [0.717, 1.165) is 31.1 Å². The summed E-state index contributed by atoms with van der Waals surface area (Å²) in [6.07, 6.45) is 7.25. The summed E-state index contributed by atoms with van der Waals surface area (Å²) < 4.78 is 12.2. The van der Waals surface area contributed by atoms with Gasteiger partial charge in [0.25, 0.3) is 0 Å². The summed E-state index contributed by atoms with van der Waals surface area (Å²) in [5.74, 6) is 2.69. The van der Waals surface area contributed by atoms with Crippen molar-refractivity contribution in [2.24, 2.45) is 39.9 Å². The van der Waals surface area contributed by atoms with Crippen LogP contribution < -0.4 is 0 Å². The summed E-state index contributed by atoms with van der Waals surface area (Å²) in [6, 6.07) is 0. The number of methoxy groups -OCH3 is 1. The molecule has 0 aromatic rings. The molecule has 8 unspecified atom stereocenters. The minimum Gasteiger partial charge on any atom is -0.462 e. The van der Waals surface area contributed by atoms with Gasteiger partial charge in [-0.25, -0.2) is 0 Å². The predicted molar refractivity (Wildman–Crippen MR) is 103 cm³/mol. The minimum absolute atomic E-state index is 0.00551. The molecule has 8 atom stereocenters. The molecule has 0 heterocycles. The Morgan fingerprint density at radius 1 is 1.04 bits per heavy atom. The molecular formula is C23H38O3. The number of carbonyl (C=O) groups excluding carboxylic acids is 1. The molecule has 0 aliphatic heterocycles. The van der Waals surface area contributed by atoms with E-state index in [4.69, 9.17) is 9.47 Å². The van der Waals surface area contributed by atoms with E-state index in [9.17, 15) is 4.79 Å². The lowest BCUT2D eigenvalue weighted by Crippen LogP contribution is -2.61. The van der Waals surface area contributed by atoms with Crippen molar-refractivity contribution in [3.8, 4) is 0 Å². The van der Waals surface area contributed by atoms with Crippen LogP contribution in [0.25, 0.3) is 0 Å². The molecular weight excluding hydrogens is 324 g/mol. The van der Waals surface area contributed by atoms with Gasteiger partial charge >= 0.3 is 5.97 Å². The Labute approximate surface area is 159 Å². The van der Waals surface area contributed by atoms with Gasteiger partial charge in [0.15, 0.2) is 0 Å². The van der Waals surface area contributed by atoms with Crippen LogP contribution in [0, 0.1) is 39.9 Å². The number of ether oxygens (including phenoxy) is 2. The zero-order chi connectivity index (χ0) is 19.1. The molecule has 3 nitrogen and oxygen atoms in total. The lowest BCUT2D eigenvalue weighted by Gasteiger charge is -2.62. The summed E-state index contributed by atoms with van der Waals surface area (Å²) in [4.78, 5) is 12.0. The van der Waals surface area contributed by atoms with Crippen LogP contribution in [-0.4, -0.2) is 24.8 Å². The summed E-state index contributed by atoms with van der Waals surface area (Å²) >= 11 is 0. The monoisotopic (exact) mass is 362 g/mol. The van der Waals surface area contributed by atoms with Crippen LogP contribution >= 0.6 is 0 Å². The second kappa shape index (κ2) is 5.49. The van der Waals surface area contributed by atoms with Crippen LogP contribution in [0.3, 0.4) is 0 Å². The van der Waals surface area contributed by atoms with E-state index in [1.165, 1.54) is 19.3 Å². The molecule has 26 heavy (non-hydrogen) atoms. The van der Waals surface area contributed by atoms with Crippen molar-refractivity contribution in [2.45, 2.75) is 91.8 Å². The van der Waals surface area contributed by atoms with Gasteiger partial charge in [-0.15, -0.1) is 0 Å². The van der Waals surface area contributed by atoms with Crippen LogP contribution in [0.4, 0.5) is 0 Å². The molecule has 4 fully saturated rings. The summed E-state index contributed by atoms with van der Waals surface area (Å²) in [7, 11) is 1.89. The molecule has 0 saturated heterocycles. The number of carbonyl (C=O) groups is 1. The van der Waals surface area contributed by atoms with Crippen molar-refractivity contribution in [1.82, 2.24) is 0 Å². The highest BCUT2D eigenvalue weighted by atomic mass is 16.5. The lowest BCUT2D eigenvalue weighted by atomic mass is 9.45. The highest BCUT2D eigenvalue weighted by Gasteiger charge is 2.81. The fourth-order valence-corrected chi connectivity index (χ4v) is 8.57. The van der Waals surface area contributed by atoms with Gasteiger partial charge in [-0.2, -0.15) is 0 Å². The fraction of sp³-hybridized carbons (Fsp3) is 0.957. The number of fused-ring (bicyclic) bond motifs is 1. The van der Waals surface area contributed by atoms with Crippen LogP contribution in [0.2, 0.25) is 0 Å². The molecule has 1 spiro atoms. The van der Waals surface area contributed by atoms with E-state index in [0.29, 0.717) is 17.3 Å². The van der Waals surface area contributed by atoms with E-state index in [1.807, 2.05) is 7.11 Å². The number of hydrogen-bond donors (Lipinski definition) is 0. The Kier molecular flexibility index (Phi) is 3.96. The van der Waals surface area contributed by atoms with E-state index in [2.05, 4.69) is 34.6 Å². The maximum atomic E-state index is 12.0. The average Bonchev–Trinajstić information content (AvgIpc) is 3.22. The molecule has 4 rings (SSSR count). The Morgan fingerprint density at radius 3 is 2.31 bits per heavy atom. The molecule has 0 bridgehead atoms. The van der Waals surface area contributed by atoms with Crippen LogP contribution in [-0.2, 0) is 14.3 Å². The molecule has 3 heteroatoms. The van der Waals surface area contributed by atoms with Crippen LogP contribution in [0.15, 0.2) is 0 Å². The van der Waals surface area contributed by atoms with Crippen LogP contribution in [0.1, 0.15) is 80.1 Å². The number of esters is 1. The molecule has 0 N–H and O–H groups in total. The van der Waals surface area contributed by atoms with Gasteiger partial charge in [-0.1, -0.05) is 27.7 Å². The summed E-state index contributed by atoms with van der Waals surface area (Å²) in [5.41, 5.74) is 0.688. The molecule has 4 aliphatic carbocycles. The maximum absolute atomic E-state index is 12.0. The Balaban J connectivity index is 1.81. The quantitative estimate of drug-likeness (QED) is 0.646. The first-order chi connectivity index (χ1) is 12.0. The van der Waals surface area contributed by atoms with Gasteiger partial charge in [0.05, 0.1) is 5.60 Å². The van der Waals surface area contributed by atoms with Gasteiger partial charge < -0.3 is 9.47 Å². The van der Waals surface area contributed by atoms with Gasteiger partial charge in [-0.3, -0.25) is 4.79 Å². The molecule has 0 aromatic carbocycles. The molecule has 4 saturated carbocycles. The Morgan fingerprint density at radius 2 is 1.73 bits per heavy atom. The highest BCUT2D eigenvalue weighted by Crippen LogP contribution is 2.84. The van der Waals surface area contributed by atoms with E-state index in [1.54, 1.807) is 6.92 Å². The van der Waals surface area contributed by atoms with Gasteiger partial charge in [0.2, 0.25) is 0 Å². The molecule has 4 aliphatic rings. The molecule has 0 amide bonds. The average molecular weight is 363 g/mol. The molecule has 0 aromatic heterocycles.